The zero-order chi connectivity index (χ0) is 30.4. The lowest BCUT2D eigenvalue weighted by Crippen LogP contribution is -2.39. The summed E-state index contributed by atoms with van der Waals surface area (Å²) in [6.45, 7) is 1.90. The molecule has 1 fully saturated rings. The van der Waals surface area contributed by atoms with Gasteiger partial charge in [0.1, 0.15) is 17.1 Å². The lowest BCUT2D eigenvalue weighted by atomic mass is 9.79. The number of hydrogen-bond donors (Lipinski definition) is 2. The van der Waals surface area contributed by atoms with E-state index in [9.17, 15) is 22.8 Å². The maximum Gasteiger partial charge on any atom is 0.401 e. The van der Waals surface area contributed by atoms with Gasteiger partial charge in [-0.2, -0.15) is 13.2 Å². The molecule has 4 heterocycles. The van der Waals surface area contributed by atoms with E-state index in [-0.39, 0.29) is 42.4 Å². The molecule has 11 heteroatoms. The predicted molar refractivity (Wildman–Crippen MR) is 154 cm³/mol. The van der Waals surface area contributed by atoms with Crippen LogP contribution >= 0.6 is 0 Å². The summed E-state index contributed by atoms with van der Waals surface area (Å²) in [5.74, 6) is 0.229. The van der Waals surface area contributed by atoms with E-state index in [1.165, 1.54) is 0 Å². The van der Waals surface area contributed by atoms with Crippen LogP contribution in [0.3, 0.4) is 0 Å². The van der Waals surface area contributed by atoms with Crippen LogP contribution in [0.2, 0.25) is 0 Å². The number of nitrogens with zero attached hydrogens (tertiary/aromatic N) is 4. The predicted octanol–water partition coefficient (Wildman–Crippen LogP) is 5.48. The second-order valence-electron chi connectivity index (χ2n) is 12.6. The second kappa shape index (κ2) is 9.23. The van der Waals surface area contributed by atoms with E-state index in [1.807, 2.05) is 61.5 Å². The molecule has 1 saturated carbocycles. The molecule has 44 heavy (non-hydrogen) atoms. The van der Waals surface area contributed by atoms with Crippen molar-refractivity contribution in [1.29, 1.82) is 0 Å². The van der Waals surface area contributed by atoms with Crippen molar-refractivity contribution in [3.8, 4) is 0 Å². The third kappa shape index (κ3) is 3.80. The number of fused-ring (bicyclic) bond motifs is 4. The van der Waals surface area contributed by atoms with E-state index in [0.29, 0.717) is 36.5 Å². The Balaban J connectivity index is 1.12. The Bertz CT molecular complexity index is 1830. The maximum atomic E-state index is 14.3. The van der Waals surface area contributed by atoms with Crippen LogP contribution in [-0.4, -0.2) is 37.7 Å². The summed E-state index contributed by atoms with van der Waals surface area (Å²) in [5, 5.41) is 14.4. The summed E-state index contributed by atoms with van der Waals surface area (Å²) in [4.78, 5) is 31.2. The van der Waals surface area contributed by atoms with E-state index in [1.54, 1.807) is 16.8 Å². The highest BCUT2D eigenvalue weighted by Gasteiger charge is 2.68. The van der Waals surface area contributed by atoms with Gasteiger partial charge >= 0.3 is 6.18 Å². The fourth-order valence-corrected chi connectivity index (χ4v) is 7.65. The van der Waals surface area contributed by atoms with Crippen molar-refractivity contribution < 1.29 is 22.8 Å². The van der Waals surface area contributed by atoms with E-state index in [2.05, 4.69) is 25.8 Å². The summed E-state index contributed by atoms with van der Waals surface area (Å²) < 4.78 is 44.4. The molecule has 8 nitrogen and oxygen atoms in total. The van der Waals surface area contributed by atoms with Crippen LogP contribution in [0.1, 0.15) is 88.4 Å². The molecule has 0 radical (unpaired) electrons. The molecule has 8 rings (SSSR count). The number of carbonyl (C=O) groups excluding carboxylic acids is 2. The van der Waals surface area contributed by atoms with E-state index >= 15 is 0 Å². The first-order valence-corrected chi connectivity index (χ1v) is 14.9. The minimum absolute atomic E-state index is 0.0242. The number of aromatic nitrogens is 4. The lowest BCUT2D eigenvalue weighted by molar-refractivity contribution is -0.163. The van der Waals surface area contributed by atoms with Crippen LogP contribution in [0.4, 0.5) is 19.0 Å². The average molecular weight is 599 g/mol. The standard InChI is InChI=1S/C33H29F3N6O2/c1-18-23(19-6-3-2-4-7-19)15-25(27-40-41-29(42(18)27)32(11-12-32)33(34,35)36)38-28(43)20-9-10-21-16-31(17-22(21)14-20)24-8-5-13-37-26(24)39-30(31)44/h2-10,13-14,18,23,25H,11-12,15-17H2,1H3,(H,38,43)(H,37,39,44)/t18-,23-,25+,31?/m1/s1. The van der Waals surface area contributed by atoms with Gasteiger partial charge in [0.25, 0.3) is 5.91 Å². The fourth-order valence-electron chi connectivity index (χ4n) is 7.65. The Kier molecular flexibility index (Phi) is 5.67. The molecule has 224 valence electrons. The van der Waals surface area contributed by atoms with Gasteiger partial charge in [0.05, 0.1) is 11.5 Å². The van der Waals surface area contributed by atoms with Crippen molar-refractivity contribution >= 4 is 17.6 Å². The van der Waals surface area contributed by atoms with Crippen molar-refractivity contribution in [2.24, 2.45) is 0 Å². The Morgan fingerprint density at radius 3 is 2.55 bits per heavy atom. The van der Waals surface area contributed by atoms with Crippen molar-refractivity contribution in [2.45, 2.75) is 74.0 Å². The van der Waals surface area contributed by atoms with Gasteiger partial charge in [-0.05, 0) is 73.9 Å². The highest BCUT2D eigenvalue weighted by atomic mass is 19.4. The molecular formula is C33H29F3N6O2. The molecule has 2 N–H and O–H groups in total. The van der Waals surface area contributed by atoms with E-state index < -0.39 is 23.0 Å². The minimum Gasteiger partial charge on any atom is -0.342 e. The van der Waals surface area contributed by atoms with E-state index in [4.69, 9.17) is 0 Å². The Morgan fingerprint density at radius 1 is 1.02 bits per heavy atom. The fraction of sp³-hybridized carbons (Fsp3) is 0.364. The van der Waals surface area contributed by atoms with Crippen LogP contribution < -0.4 is 10.6 Å². The third-order valence-electron chi connectivity index (χ3n) is 10.2. The second-order valence-corrected chi connectivity index (χ2v) is 12.6. The highest BCUT2D eigenvalue weighted by molar-refractivity contribution is 6.06. The first kappa shape index (κ1) is 27.0. The molecule has 2 aromatic heterocycles. The van der Waals surface area contributed by atoms with Crippen molar-refractivity contribution in [1.82, 2.24) is 25.1 Å². The number of benzene rings is 2. The molecule has 1 unspecified atom stereocenters. The monoisotopic (exact) mass is 598 g/mol. The van der Waals surface area contributed by atoms with Crippen LogP contribution in [-0.2, 0) is 28.5 Å². The van der Waals surface area contributed by atoms with Crippen molar-refractivity contribution in [3.63, 3.8) is 0 Å². The van der Waals surface area contributed by atoms with Gasteiger partial charge in [0, 0.05) is 29.3 Å². The average Bonchev–Trinajstić information content (AvgIpc) is 3.44. The third-order valence-corrected chi connectivity index (χ3v) is 10.2. The summed E-state index contributed by atoms with van der Waals surface area (Å²) >= 11 is 0. The first-order valence-electron chi connectivity index (χ1n) is 14.9. The largest absolute Gasteiger partial charge is 0.401 e. The molecule has 0 bridgehead atoms. The molecule has 2 aliphatic heterocycles. The van der Waals surface area contributed by atoms with Gasteiger partial charge in [-0.25, -0.2) is 4.98 Å². The zero-order valence-corrected chi connectivity index (χ0v) is 23.9. The molecule has 2 amide bonds. The van der Waals surface area contributed by atoms with Gasteiger partial charge in [0.2, 0.25) is 5.91 Å². The number of amides is 2. The molecule has 0 saturated heterocycles. The summed E-state index contributed by atoms with van der Waals surface area (Å²) in [5.41, 5.74) is 1.40. The molecule has 2 aliphatic carbocycles. The summed E-state index contributed by atoms with van der Waals surface area (Å²) in [7, 11) is 0. The smallest absolute Gasteiger partial charge is 0.342 e. The molecular weight excluding hydrogens is 569 g/mol. The Morgan fingerprint density at radius 2 is 1.80 bits per heavy atom. The number of halogens is 3. The number of anilines is 1. The van der Waals surface area contributed by atoms with Crippen LogP contribution in [0.25, 0.3) is 0 Å². The number of alkyl halides is 3. The van der Waals surface area contributed by atoms with Crippen LogP contribution in [0, 0.1) is 0 Å². The number of nitrogens with one attached hydrogen (secondary N) is 2. The van der Waals surface area contributed by atoms with Gasteiger partial charge in [-0.3, -0.25) is 9.59 Å². The van der Waals surface area contributed by atoms with Gasteiger partial charge in [0.15, 0.2) is 5.82 Å². The Labute approximate surface area is 251 Å². The van der Waals surface area contributed by atoms with Crippen LogP contribution in [0.5, 0.6) is 0 Å². The van der Waals surface area contributed by atoms with Gasteiger partial charge < -0.3 is 15.2 Å². The molecule has 1 spiro atoms. The molecule has 4 atom stereocenters. The lowest BCUT2D eigenvalue weighted by Gasteiger charge is -2.37. The number of rotatable bonds is 4. The molecule has 2 aromatic carbocycles. The number of carbonyl (C=O) groups is 2. The first-order chi connectivity index (χ1) is 21.1. The van der Waals surface area contributed by atoms with Gasteiger partial charge in [-0.15, -0.1) is 10.2 Å². The highest BCUT2D eigenvalue weighted by Crippen LogP contribution is 2.60. The molecule has 4 aliphatic rings. The quantitative estimate of drug-likeness (QED) is 0.324. The normalized spacial score (nSPS) is 26.1. The topological polar surface area (TPSA) is 102 Å². The Hall–Kier alpha value is -4.54. The van der Waals surface area contributed by atoms with E-state index in [0.717, 1.165) is 22.3 Å². The number of hydrogen-bond acceptors (Lipinski definition) is 5. The maximum absolute atomic E-state index is 14.3. The molecule has 4 aromatic rings. The van der Waals surface area contributed by atoms with Gasteiger partial charge in [-0.1, -0.05) is 42.5 Å². The minimum atomic E-state index is -4.44. The van der Waals surface area contributed by atoms with Crippen LogP contribution in [0.15, 0.2) is 66.9 Å². The van der Waals surface area contributed by atoms with Crippen molar-refractivity contribution in [2.75, 3.05) is 5.32 Å². The number of pyridine rings is 1. The SMILES string of the molecule is C[C@@H]1[C@H](c2ccccc2)C[C@H](NC(=O)c2ccc3c(c2)CC2(C3)C(=O)Nc3ncccc32)c2nnc(C3(C(F)(F)F)CC3)n21. The zero-order valence-electron chi connectivity index (χ0n) is 23.9. The summed E-state index contributed by atoms with van der Waals surface area (Å²) in [6, 6.07) is 17.9. The van der Waals surface area contributed by atoms with Crippen molar-refractivity contribution in [3.05, 3.63) is 106 Å². The summed E-state index contributed by atoms with van der Waals surface area (Å²) in [6.07, 6.45) is -1.42.